The van der Waals surface area contributed by atoms with Crippen molar-refractivity contribution in [1.29, 1.82) is 0 Å². The van der Waals surface area contributed by atoms with Crippen molar-refractivity contribution in [1.82, 2.24) is 0 Å². The molecule has 0 spiro atoms. The molecule has 0 saturated carbocycles. The maximum Gasteiger partial charge on any atom is 0.316 e. The molecule has 7 heteroatoms. The predicted molar refractivity (Wildman–Crippen MR) is 59.9 cm³/mol. The average molecular weight is 260 g/mol. The number of nitrogens with zero attached hydrogens (tertiary/aromatic N) is 1. The lowest BCUT2D eigenvalue weighted by atomic mass is 10.2. The summed E-state index contributed by atoms with van der Waals surface area (Å²) in [6.45, 7) is 0.581. The molecule has 17 heavy (non-hydrogen) atoms. The molecule has 1 aliphatic rings. The lowest BCUT2D eigenvalue weighted by Gasteiger charge is -2.25. The molecular formula is C10H10ClNO5. The molecule has 0 fully saturated rings. The monoisotopic (exact) mass is 259 g/mol. The van der Waals surface area contributed by atoms with E-state index < -0.39 is 4.92 Å². The van der Waals surface area contributed by atoms with Crippen LogP contribution >= 0.6 is 11.6 Å². The van der Waals surface area contributed by atoms with E-state index in [1.165, 1.54) is 19.2 Å². The second-order valence-corrected chi connectivity index (χ2v) is 3.95. The molecule has 1 aliphatic heterocycles. The standard InChI is InChI=1S/C10H10ClNO5/c1-15-4-7-5-16-9-3-6(11)2-8(12(13)14)10(9)17-7/h2-3,7H,4-5H2,1H3. The molecule has 0 radical (unpaired) electrons. The topological polar surface area (TPSA) is 70.8 Å². The fraction of sp³-hybridized carbons (Fsp3) is 0.400. The third-order valence-electron chi connectivity index (χ3n) is 2.26. The Kier molecular flexibility index (Phi) is 3.35. The molecule has 1 aromatic rings. The van der Waals surface area contributed by atoms with E-state index in [1.54, 1.807) is 0 Å². The van der Waals surface area contributed by atoms with Gasteiger partial charge in [-0.1, -0.05) is 11.6 Å². The second kappa shape index (κ2) is 4.77. The van der Waals surface area contributed by atoms with Gasteiger partial charge < -0.3 is 14.2 Å². The van der Waals surface area contributed by atoms with E-state index in [4.69, 9.17) is 25.8 Å². The van der Waals surface area contributed by atoms with Crippen molar-refractivity contribution in [2.24, 2.45) is 0 Å². The highest BCUT2D eigenvalue weighted by Crippen LogP contribution is 2.42. The van der Waals surface area contributed by atoms with Gasteiger partial charge in [0.1, 0.15) is 6.61 Å². The third kappa shape index (κ3) is 2.42. The van der Waals surface area contributed by atoms with Crippen molar-refractivity contribution in [3.63, 3.8) is 0 Å². The zero-order chi connectivity index (χ0) is 12.4. The SMILES string of the molecule is COCC1COc2cc(Cl)cc([N+](=O)[O-])c2O1. The second-order valence-electron chi connectivity index (χ2n) is 3.52. The fourth-order valence-corrected chi connectivity index (χ4v) is 1.77. The molecule has 0 aliphatic carbocycles. The Labute approximate surface area is 102 Å². The number of nitro benzene ring substituents is 1. The largest absolute Gasteiger partial charge is 0.485 e. The van der Waals surface area contributed by atoms with Crippen LogP contribution in [0.15, 0.2) is 12.1 Å². The molecule has 0 N–H and O–H groups in total. The van der Waals surface area contributed by atoms with Crippen LogP contribution in [-0.4, -0.2) is 31.4 Å². The van der Waals surface area contributed by atoms with Gasteiger partial charge in [0.25, 0.3) is 0 Å². The Balaban J connectivity index is 2.37. The number of methoxy groups -OCH3 is 1. The first-order valence-corrected chi connectivity index (χ1v) is 5.26. The molecule has 6 nitrogen and oxygen atoms in total. The zero-order valence-electron chi connectivity index (χ0n) is 9.01. The van der Waals surface area contributed by atoms with Crippen molar-refractivity contribution < 1.29 is 19.1 Å². The summed E-state index contributed by atoms with van der Waals surface area (Å²) in [5.74, 6) is 0.393. The number of ether oxygens (including phenoxy) is 3. The Morgan fingerprint density at radius 1 is 1.65 bits per heavy atom. The normalized spacial score (nSPS) is 17.9. The van der Waals surface area contributed by atoms with Crippen molar-refractivity contribution in [3.8, 4) is 11.5 Å². The van der Waals surface area contributed by atoms with Crippen LogP contribution in [0.4, 0.5) is 5.69 Å². The van der Waals surface area contributed by atoms with Crippen molar-refractivity contribution >= 4 is 17.3 Å². The summed E-state index contributed by atoms with van der Waals surface area (Å²) in [5, 5.41) is 11.1. The fourth-order valence-electron chi connectivity index (χ4n) is 1.57. The van der Waals surface area contributed by atoms with Gasteiger partial charge >= 0.3 is 5.69 Å². The molecule has 0 aromatic heterocycles. The number of benzene rings is 1. The van der Waals surface area contributed by atoms with Crippen molar-refractivity contribution in [2.75, 3.05) is 20.3 Å². The summed E-state index contributed by atoms with van der Waals surface area (Å²) >= 11 is 5.76. The van der Waals surface area contributed by atoms with Gasteiger partial charge in [-0.25, -0.2) is 0 Å². The van der Waals surface area contributed by atoms with Gasteiger partial charge in [0, 0.05) is 19.2 Å². The van der Waals surface area contributed by atoms with Gasteiger partial charge in [0.15, 0.2) is 11.9 Å². The Morgan fingerprint density at radius 3 is 3.06 bits per heavy atom. The number of nitro groups is 1. The molecule has 0 saturated heterocycles. The Bertz CT molecular complexity index is 451. The number of rotatable bonds is 3. The van der Waals surface area contributed by atoms with Crippen LogP contribution in [0.2, 0.25) is 5.02 Å². The smallest absolute Gasteiger partial charge is 0.316 e. The third-order valence-corrected chi connectivity index (χ3v) is 2.48. The molecule has 1 aromatic carbocycles. The van der Waals surface area contributed by atoms with Crippen LogP contribution in [0, 0.1) is 10.1 Å². The molecule has 1 atom stereocenters. The highest BCUT2D eigenvalue weighted by molar-refractivity contribution is 6.31. The lowest BCUT2D eigenvalue weighted by molar-refractivity contribution is -0.386. The van der Waals surface area contributed by atoms with Crippen molar-refractivity contribution in [3.05, 3.63) is 27.3 Å². The predicted octanol–water partition coefficient (Wildman–Crippen LogP) is 2.03. The number of hydrogen-bond donors (Lipinski definition) is 0. The van der Waals surface area contributed by atoms with E-state index in [1.807, 2.05) is 0 Å². The van der Waals surface area contributed by atoms with E-state index in [-0.39, 0.29) is 34.9 Å². The molecule has 1 unspecified atom stereocenters. The van der Waals surface area contributed by atoms with E-state index in [0.29, 0.717) is 6.61 Å². The van der Waals surface area contributed by atoms with Crippen LogP contribution in [0.5, 0.6) is 11.5 Å². The van der Waals surface area contributed by atoms with Gasteiger partial charge in [-0.2, -0.15) is 0 Å². The zero-order valence-corrected chi connectivity index (χ0v) is 9.77. The van der Waals surface area contributed by atoms with Crippen LogP contribution in [0.25, 0.3) is 0 Å². The first-order chi connectivity index (χ1) is 8.11. The van der Waals surface area contributed by atoms with Crippen LogP contribution in [0.1, 0.15) is 0 Å². The molecule has 2 rings (SSSR count). The van der Waals surface area contributed by atoms with Crippen LogP contribution in [-0.2, 0) is 4.74 Å². The van der Waals surface area contributed by atoms with Gasteiger partial charge in [-0.3, -0.25) is 10.1 Å². The average Bonchev–Trinajstić information content (AvgIpc) is 2.28. The summed E-state index contributed by atoms with van der Waals surface area (Å²) in [4.78, 5) is 10.3. The molecule has 92 valence electrons. The summed E-state index contributed by atoms with van der Waals surface area (Å²) in [6.07, 6.45) is -0.354. The first-order valence-electron chi connectivity index (χ1n) is 4.88. The number of hydrogen-bond acceptors (Lipinski definition) is 5. The van der Waals surface area contributed by atoms with Gasteiger partial charge in [-0.05, 0) is 0 Å². The maximum atomic E-state index is 10.9. The van der Waals surface area contributed by atoms with E-state index >= 15 is 0 Å². The summed E-state index contributed by atoms with van der Waals surface area (Å²) in [5.41, 5.74) is -0.201. The minimum atomic E-state index is -0.552. The van der Waals surface area contributed by atoms with E-state index in [9.17, 15) is 10.1 Å². The van der Waals surface area contributed by atoms with Gasteiger partial charge in [0.2, 0.25) is 5.75 Å². The first kappa shape index (κ1) is 11.9. The lowest BCUT2D eigenvalue weighted by Crippen LogP contribution is -2.33. The Hall–Kier alpha value is -1.53. The molecule has 0 amide bonds. The highest BCUT2D eigenvalue weighted by Gasteiger charge is 2.29. The van der Waals surface area contributed by atoms with Gasteiger partial charge in [-0.15, -0.1) is 0 Å². The van der Waals surface area contributed by atoms with Crippen molar-refractivity contribution in [2.45, 2.75) is 6.10 Å². The minimum Gasteiger partial charge on any atom is -0.485 e. The van der Waals surface area contributed by atoms with Crippen LogP contribution in [0.3, 0.4) is 0 Å². The summed E-state index contributed by atoms with van der Waals surface area (Å²) in [6, 6.07) is 2.73. The quantitative estimate of drug-likeness (QED) is 0.614. The van der Waals surface area contributed by atoms with E-state index in [0.717, 1.165) is 0 Å². The highest BCUT2D eigenvalue weighted by atomic mass is 35.5. The molecule has 0 bridgehead atoms. The minimum absolute atomic E-state index is 0.104. The van der Waals surface area contributed by atoms with Gasteiger partial charge in [0.05, 0.1) is 16.6 Å². The molecular weight excluding hydrogens is 250 g/mol. The number of fused-ring (bicyclic) bond motifs is 1. The summed E-state index contributed by atoms with van der Waals surface area (Å²) < 4.78 is 15.8. The number of halogens is 1. The van der Waals surface area contributed by atoms with E-state index in [2.05, 4.69) is 0 Å². The summed E-state index contributed by atoms with van der Waals surface area (Å²) in [7, 11) is 1.52. The molecule has 1 heterocycles. The maximum absolute atomic E-state index is 10.9. The van der Waals surface area contributed by atoms with Crippen LogP contribution < -0.4 is 9.47 Å². The Morgan fingerprint density at radius 2 is 2.41 bits per heavy atom.